The molecule has 1 unspecified atom stereocenters. The molecule has 7 nitrogen and oxygen atoms in total. The fourth-order valence-electron chi connectivity index (χ4n) is 2.49. The third-order valence-electron chi connectivity index (χ3n) is 3.69. The highest BCUT2D eigenvalue weighted by atomic mass is 16.6. The maximum atomic E-state index is 11.4. The zero-order valence-corrected chi connectivity index (χ0v) is 13.0. The zero-order chi connectivity index (χ0) is 15.1. The van der Waals surface area contributed by atoms with Crippen molar-refractivity contribution in [2.75, 3.05) is 59.1 Å². The van der Waals surface area contributed by atoms with Crippen LogP contribution in [0.2, 0.25) is 0 Å². The molecule has 2 heterocycles. The first kappa shape index (κ1) is 16.0. The smallest absolute Gasteiger partial charge is 0.219 e. The van der Waals surface area contributed by atoms with E-state index in [-0.39, 0.29) is 12.0 Å². The van der Waals surface area contributed by atoms with E-state index in [9.17, 15) is 4.79 Å². The van der Waals surface area contributed by atoms with Crippen molar-refractivity contribution in [1.82, 2.24) is 15.1 Å². The summed E-state index contributed by atoms with van der Waals surface area (Å²) in [6.45, 7) is 10.2. The molecule has 1 amide bonds. The third-order valence-corrected chi connectivity index (χ3v) is 3.69. The van der Waals surface area contributed by atoms with Crippen LogP contribution in [0.25, 0.3) is 0 Å². The van der Waals surface area contributed by atoms with E-state index in [4.69, 9.17) is 9.47 Å². The van der Waals surface area contributed by atoms with Crippen molar-refractivity contribution in [1.29, 1.82) is 0 Å². The van der Waals surface area contributed by atoms with Gasteiger partial charge in [0, 0.05) is 39.6 Å². The fourth-order valence-corrected chi connectivity index (χ4v) is 2.49. The van der Waals surface area contributed by atoms with Gasteiger partial charge in [-0.1, -0.05) is 0 Å². The molecular formula is C14H26N4O3. The zero-order valence-electron chi connectivity index (χ0n) is 13.0. The van der Waals surface area contributed by atoms with Gasteiger partial charge in [-0.05, 0) is 6.92 Å². The van der Waals surface area contributed by atoms with Crippen LogP contribution in [0.15, 0.2) is 4.99 Å². The number of guanidine groups is 1. The minimum absolute atomic E-state index is 0.0471. The Bertz CT molecular complexity index is 361. The molecule has 0 spiro atoms. The van der Waals surface area contributed by atoms with Gasteiger partial charge in [-0.2, -0.15) is 0 Å². The number of ether oxygens (including phenoxy) is 2. The van der Waals surface area contributed by atoms with Gasteiger partial charge in [0.2, 0.25) is 5.91 Å². The molecule has 0 aromatic heterocycles. The summed E-state index contributed by atoms with van der Waals surface area (Å²) in [7, 11) is 0. The highest BCUT2D eigenvalue weighted by molar-refractivity contribution is 5.80. The molecule has 2 aliphatic heterocycles. The van der Waals surface area contributed by atoms with Gasteiger partial charge >= 0.3 is 0 Å². The summed E-state index contributed by atoms with van der Waals surface area (Å²) in [6.07, 6.45) is 0.0471. The predicted octanol–water partition coefficient (Wildman–Crippen LogP) is -0.469. The summed E-state index contributed by atoms with van der Waals surface area (Å²) >= 11 is 0. The first-order chi connectivity index (χ1) is 10.2. The lowest BCUT2D eigenvalue weighted by Gasteiger charge is -2.36. The summed E-state index contributed by atoms with van der Waals surface area (Å²) in [5.41, 5.74) is 0. The molecule has 0 aromatic carbocycles. The summed E-state index contributed by atoms with van der Waals surface area (Å²) < 4.78 is 11.0. The number of piperazine rings is 1. The predicted molar refractivity (Wildman–Crippen MR) is 80.4 cm³/mol. The van der Waals surface area contributed by atoms with Crippen molar-refractivity contribution in [2.45, 2.75) is 20.0 Å². The summed E-state index contributed by atoms with van der Waals surface area (Å²) in [5.74, 6) is 1.04. The average Bonchev–Trinajstić information content (AvgIpc) is 2.52. The van der Waals surface area contributed by atoms with Crippen molar-refractivity contribution in [3.63, 3.8) is 0 Å². The van der Waals surface area contributed by atoms with Crippen molar-refractivity contribution in [3.05, 3.63) is 0 Å². The summed E-state index contributed by atoms with van der Waals surface area (Å²) in [5, 5.41) is 3.31. The molecule has 0 bridgehead atoms. The Labute approximate surface area is 126 Å². The molecule has 1 N–H and O–H groups in total. The van der Waals surface area contributed by atoms with E-state index in [0.717, 1.165) is 38.7 Å². The molecule has 1 atom stereocenters. The Morgan fingerprint density at radius 2 is 1.95 bits per heavy atom. The first-order valence-corrected chi connectivity index (χ1v) is 7.68. The van der Waals surface area contributed by atoms with Gasteiger partial charge in [0.1, 0.15) is 6.10 Å². The van der Waals surface area contributed by atoms with Gasteiger partial charge in [-0.25, -0.2) is 0 Å². The molecule has 2 fully saturated rings. The molecule has 0 aromatic rings. The normalized spacial score (nSPS) is 24.1. The van der Waals surface area contributed by atoms with Crippen molar-refractivity contribution < 1.29 is 14.3 Å². The lowest BCUT2D eigenvalue weighted by molar-refractivity contribution is -0.130. The number of amides is 1. The van der Waals surface area contributed by atoms with E-state index in [1.165, 1.54) is 0 Å². The number of hydrogen-bond acceptors (Lipinski definition) is 4. The second-order valence-corrected chi connectivity index (χ2v) is 5.26. The van der Waals surface area contributed by atoms with Crippen molar-refractivity contribution in [3.8, 4) is 0 Å². The number of carbonyl (C=O) groups is 1. The Kier molecular flexibility index (Phi) is 6.25. The average molecular weight is 298 g/mol. The summed E-state index contributed by atoms with van der Waals surface area (Å²) in [4.78, 5) is 20.1. The van der Waals surface area contributed by atoms with Gasteiger partial charge in [0.15, 0.2) is 5.96 Å². The van der Waals surface area contributed by atoms with Crippen LogP contribution in [0.4, 0.5) is 0 Å². The van der Waals surface area contributed by atoms with Crippen molar-refractivity contribution in [2.24, 2.45) is 4.99 Å². The second-order valence-electron chi connectivity index (χ2n) is 5.26. The Balaban J connectivity index is 1.87. The number of nitrogens with one attached hydrogen (secondary N) is 1. The molecule has 7 heteroatoms. The van der Waals surface area contributed by atoms with Gasteiger partial charge in [-0.15, -0.1) is 0 Å². The third kappa shape index (κ3) is 4.86. The monoisotopic (exact) mass is 298 g/mol. The minimum atomic E-state index is 0.0471. The van der Waals surface area contributed by atoms with Crippen LogP contribution < -0.4 is 5.32 Å². The molecule has 2 aliphatic rings. The molecule has 21 heavy (non-hydrogen) atoms. The van der Waals surface area contributed by atoms with Gasteiger partial charge in [0.25, 0.3) is 0 Å². The topological polar surface area (TPSA) is 66.4 Å². The van der Waals surface area contributed by atoms with E-state index < -0.39 is 0 Å². The van der Waals surface area contributed by atoms with E-state index in [2.05, 4.69) is 22.1 Å². The quantitative estimate of drug-likeness (QED) is 0.564. The number of hydrogen-bond donors (Lipinski definition) is 1. The maximum Gasteiger partial charge on any atom is 0.219 e. The van der Waals surface area contributed by atoms with E-state index in [0.29, 0.717) is 26.4 Å². The molecule has 2 rings (SSSR count). The van der Waals surface area contributed by atoms with Crippen LogP contribution >= 0.6 is 0 Å². The Morgan fingerprint density at radius 1 is 1.24 bits per heavy atom. The molecule has 0 radical (unpaired) electrons. The molecule has 120 valence electrons. The lowest BCUT2D eigenvalue weighted by atomic mass is 10.3. The lowest BCUT2D eigenvalue weighted by Crippen LogP contribution is -2.53. The van der Waals surface area contributed by atoms with E-state index in [1.54, 1.807) is 6.92 Å². The highest BCUT2D eigenvalue weighted by Gasteiger charge is 2.21. The van der Waals surface area contributed by atoms with E-state index in [1.807, 2.05) is 4.90 Å². The Morgan fingerprint density at radius 3 is 2.52 bits per heavy atom. The Hall–Kier alpha value is -1.34. The maximum absolute atomic E-state index is 11.4. The SMILES string of the molecule is CCNC(=NCC1COCCO1)N1CCN(C(C)=O)CC1. The number of aliphatic imine (C=N–C) groups is 1. The molecule has 0 aliphatic carbocycles. The fraction of sp³-hybridized carbons (Fsp3) is 0.857. The largest absolute Gasteiger partial charge is 0.376 e. The number of rotatable bonds is 3. The van der Waals surface area contributed by atoms with Gasteiger partial charge in [-0.3, -0.25) is 9.79 Å². The highest BCUT2D eigenvalue weighted by Crippen LogP contribution is 2.05. The summed E-state index contributed by atoms with van der Waals surface area (Å²) in [6, 6.07) is 0. The van der Waals surface area contributed by atoms with Crippen LogP contribution in [0.3, 0.4) is 0 Å². The molecule has 0 saturated carbocycles. The van der Waals surface area contributed by atoms with Gasteiger partial charge < -0.3 is 24.6 Å². The van der Waals surface area contributed by atoms with E-state index >= 15 is 0 Å². The van der Waals surface area contributed by atoms with Gasteiger partial charge in [0.05, 0.1) is 26.4 Å². The minimum Gasteiger partial charge on any atom is -0.376 e. The van der Waals surface area contributed by atoms with Crippen LogP contribution in [0, 0.1) is 0 Å². The van der Waals surface area contributed by atoms with Crippen LogP contribution in [-0.2, 0) is 14.3 Å². The van der Waals surface area contributed by atoms with Crippen LogP contribution in [0.1, 0.15) is 13.8 Å². The first-order valence-electron chi connectivity index (χ1n) is 7.68. The number of carbonyl (C=O) groups excluding carboxylic acids is 1. The van der Waals surface area contributed by atoms with Crippen LogP contribution in [-0.4, -0.2) is 86.9 Å². The van der Waals surface area contributed by atoms with Crippen LogP contribution in [0.5, 0.6) is 0 Å². The second kappa shape index (κ2) is 8.19. The number of nitrogens with zero attached hydrogens (tertiary/aromatic N) is 3. The standard InChI is InChI=1S/C14H26N4O3/c1-3-15-14(16-10-13-11-20-8-9-21-13)18-6-4-17(5-7-18)12(2)19/h13H,3-11H2,1-2H3,(H,15,16). The molecular weight excluding hydrogens is 272 g/mol. The molecule has 2 saturated heterocycles. The van der Waals surface area contributed by atoms with Crippen molar-refractivity contribution >= 4 is 11.9 Å².